The summed E-state index contributed by atoms with van der Waals surface area (Å²) in [7, 11) is 0. The van der Waals surface area contributed by atoms with Crippen LogP contribution in [0.3, 0.4) is 0 Å². The van der Waals surface area contributed by atoms with Gasteiger partial charge in [-0.2, -0.15) is 13.2 Å². The molecule has 3 nitrogen and oxygen atoms in total. The van der Waals surface area contributed by atoms with E-state index in [0.29, 0.717) is 12.0 Å². The highest BCUT2D eigenvalue weighted by Gasteiger charge is 2.43. The Morgan fingerprint density at radius 3 is 2.53 bits per heavy atom. The molecule has 1 aliphatic rings. The molecule has 19 heavy (non-hydrogen) atoms. The fourth-order valence-electron chi connectivity index (χ4n) is 1.94. The summed E-state index contributed by atoms with van der Waals surface area (Å²) in [5.74, 6) is -0.921. The van der Waals surface area contributed by atoms with Crippen LogP contribution >= 0.6 is 0 Å². The summed E-state index contributed by atoms with van der Waals surface area (Å²) in [6, 6.07) is 3.25. The third-order valence-corrected chi connectivity index (χ3v) is 3.43. The zero-order valence-corrected chi connectivity index (χ0v) is 10.4. The number of rotatable bonds is 2. The fourth-order valence-corrected chi connectivity index (χ4v) is 1.94. The van der Waals surface area contributed by atoms with Gasteiger partial charge in [0.1, 0.15) is 11.9 Å². The van der Waals surface area contributed by atoms with Crippen LogP contribution in [0, 0.1) is 5.41 Å². The average Bonchev–Trinajstić information content (AvgIpc) is 2.70. The van der Waals surface area contributed by atoms with Crippen LogP contribution in [0.4, 0.5) is 13.2 Å². The van der Waals surface area contributed by atoms with Gasteiger partial charge < -0.3 is 9.84 Å². The number of halogens is 3. The topological polar surface area (TPSA) is 46.5 Å². The van der Waals surface area contributed by atoms with Crippen LogP contribution in [-0.4, -0.2) is 17.2 Å². The maximum absolute atomic E-state index is 12.6. The maximum atomic E-state index is 12.6. The normalized spacial score (nSPS) is 18.9. The summed E-state index contributed by atoms with van der Waals surface area (Å²) in [5.41, 5.74) is -1.34. The van der Waals surface area contributed by atoms with Gasteiger partial charge in [0.25, 0.3) is 0 Å². The Kier molecular flexibility index (Phi) is 2.99. The van der Waals surface area contributed by atoms with Crippen molar-refractivity contribution >= 4 is 5.97 Å². The molecule has 2 rings (SSSR count). The third-order valence-electron chi connectivity index (χ3n) is 3.43. The van der Waals surface area contributed by atoms with E-state index in [2.05, 4.69) is 0 Å². The molecule has 0 bridgehead atoms. The third kappa shape index (κ3) is 2.39. The van der Waals surface area contributed by atoms with Crippen LogP contribution in [0.15, 0.2) is 18.2 Å². The molecule has 1 N–H and O–H groups in total. The number of fused-ring (bicyclic) bond motifs is 1. The van der Waals surface area contributed by atoms with Crippen molar-refractivity contribution in [3.63, 3.8) is 0 Å². The number of carboxylic acid groups (broad SMARTS) is 1. The molecule has 0 spiro atoms. The van der Waals surface area contributed by atoms with E-state index in [4.69, 9.17) is 9.84 Å². The Balaban J connectivity index is 2.29. The first kappa shape index (κ1) is 13.7. The van der Waals surface area contributed by atoms with E-state index in [0.717, 1.165) is 12.1 Å². The summed E-state index contributed by atoms with van der Waals surface area (Å²) in [6.07, 6.45) is -4.80. The van der Waals surface area contributed by atoms with Crippen LogP contribution in [0.1, 0.15) is 25.0 Å². The van der Waals surface area contributed by atoms with E-state index in [1.165, 1.54) is 19.9 Å². The Morgan fingerprint density at radius 2 is 2.00 bits per heavy atom. The highest BCUT2D eigenvalue weighted by atomic mass is 19.4. The monoisotopic (exact) mass is 274 g/mol. The molecule has 1 aliphatic heterocycles. The second-order valence-electron chi connectivity index (χ2n) is 5.16. The minimum atomic E-state index is -4.43. The number of aliphatic carboxylic acids is 1. The molecular weight excluding hydrogens is 261 g/mol. The highest BCUT2D eigenvalue weighted by molar-refractivity contribution is 5.74. The van der Waals surface area contributed by atoms with Crippen molar-refractivity contribution < 1.29 is 27.8 Å². The maximum Gasteiger partial charge on any atom is 0.416 e. The summed E-state index contributed by atoms with van der Waals surface area (Å²) >= 11 is 0. The van der Waals surface area contributed by atoms with E-state index in [-0.39, 0.29) is 5.75 Å². The van der Waals surface area contributed by atoms with Crippen LogP contribution < -0.4 is 4.74 Å². The largest absolute Gasteiger partial charge is 0.489 e. The Hall–Kier alpha value is -1.72. The summed E-state index contributed by atoms with van der Waals surface area (Å²) in [5, 5.41) is 9.10. The van der Waals surface area contributed by atoms with E-state index >= 15 is 0 Å². The minimum absolute atomic E-state index is 0.120. The summed E-state index contributed by atoms with van der Waals surface area (Å²) in [4.78, 5) is 11.1. The zero-order valence-electron chi connectivity index (χ0n) is 10.4. The van der Waals surface area contributed by atoms with Gasteiger partial charge in [-0.3, -0.25) is 4.79 Å². The van der Waals surface area contributed by atoms with Gasteiger partial charge in [0.2, 0.25) is 0 Å². The second-order valence-corrected chi connectivity index (χ2v) is 5.16. The molecule has 1 heterocycles. The van der Waals surface area contributed by atoms with E-state index in [9.17, 15) is 18.0 Å². The van der Waals surface area contributed by atoms with Gasteiger partial charge in [0, 0.05) is 6.42 Å². The second kappa shape index (κ2) is 4.15. The molecule has 0 aromatic heterocycles. The first-order chi connectivity index (χ1) is 8.62. The van der Waals surface area contributed by atoms with Gasteiger partial charge in [-0.25, -0.2) is 0 Å². The Bertz CT molecular complexity index is 520. The molecule has 6 heteroatoms. The van der Waals surface area contributed by atoms with E-state index in [1.54, 1.807) is 0 Å². The quantitative estimate of drug-likeness (QED) is 0.901. The number of carboxylic acids is 1. The molecule has 1 aromatic rings. The van der Waals surface area contributed by atoms with Gasteiger partial charge in [0.15, 0.2) is 0 Å². The molecule has 1 atom stereocenters. The lowest BCUT2D eigenvalue weighted by atomic mass is 9.84. The predicted molar refractivity (Wildman–Crippen MR) is 61.0 cm³/mol. The molecule has 0 radical (unpaired) electrons. The number of alkyl halides is 3. The molecule has 0 saturated carbocycles. The minimum Gasteiger partial charge on any atom is -0.489 e. The van der Waals surface area contributed by atoms with Crippen molar-refractivity contribution in [3.05, 3.63) is 29.3 Å². The van der Waals surface area contributed by atoms with Crippen molar-refractivity contribution in [1.29, 1.82) is 0 Å². The first-order valence-corrected chi connectivity index (χ1v) is 5.72. The zero-order chi connectivity index (χ0) is 14.4. The summed E-state index contributed by atoms with van der Waals surface area (Å²) in [6.45, 7) is 2.99. The molecule has 104 valence electrons. The van der Waals surface area contributed by atoms with Crippen LogP contribution in [0.25, 0.3) is 0 Å². The lowest BCUT2D eigenvalue weighted by Gasteiger charge is -2.26. The lowest BCUT2D eigenvalue weighted by molar-refractivity contribution is -0.151. The van der Waals surface area contributed by atoms with E-state index in [1.807, 2.05) is 0 Å². The van der Waals surface area contributed by atoms with Crippen molar-refractivity contribution in [1.82, 2.24) is 0 Å². The van der Waals surface area contributed by atoms with Crippen molar-refractivity contribution in [2.75, 3.05) is 0 Å². The number of hydrogen-bond acceptors (Lipinski definition) is 2. The van der Waals surface area contributed by atoms with Gasteiger partial charge in [-0.15, -0.1) is 0 Å². The molecule has 0 saturated heterocycles. The fraction of sp³-hybridized carbons (Fsp3) is 0.462. The van der Waals surface area contributed by atoms with Crippen LogP contribution in [0.5, 0.6) is 5.75 Å². The lowest BCUT2D eigenvalue weighted by Crippen LogP contribution is -2.40. The van der Waals surface area contributed by atoms with Crippen LogP contribution in [-0.2, 0) is 17.4 Å². The molecule has 1 unspecified atom stereocenters. The van der Waals surface area contributed by atoms with Crippen LogP contribution in [0.2, 0.25) is 0 Å². The van der Waals surface area contributed by atoms with Gasteiger partial charge >= 0.3 is 12.1 Å². The van der Waals surface area contributed by atoms with Crippen molar-refractivity contribution in [2.24, 2.45) is 5.41 Å². The molecule has 0 aliphatic carbocycles. The average molecular weight is 274 g/mol. The molecule has 0 amide bonds. The van der Waals surface area contributed by atoms with Crippen molar-refractivity contribution in [3.8, 4) is 5.75 Å². The van der Waals surface area contributed by atoms with Gasteiger partial charge in [-0.05, 0) is 31.5 Å². The van der Waals surface area contributed by atoms with E-state index < -0.39 is 29.2 Å². The number of hydrogen-bond donors (Lipinski definition) is 1. The number of ether oxygens (including phenoxy) is 1. The number of carbonyl (C=O) groups is 1. The summed E-state index contributed by atoms with van der Waals surface area (Å²) < 4.78 is 43.1. The smallest absolute Gasteiger partial charge is 0.416 e. The molecule has 0 fully saturated rings. The number of benzene rings is 1. The van der Waals surface area contributed by atoms with Gasteiger partial charge in [0.05, 0.1) is 11.0 Å². The standard InChI is InChI=1S/C13H13F3O3/c1-12(2,11(17)18)10-5-7-3-4-8(13(14,15)16)6-9(7)19-10/h3-4,6,10H,5H2,1-2H3,(H,17,18). The SMILES string of the molecule is CC(C)(C(=O)O)C1Cc2ccc(C(F)(F)F)cc2O1. The predicted octanol–water partition coefficient (Wildman–Crippen LogP) is 3.12. The molecular formula is C13H13F3O3. The highest BCUT2D eigenvalue weighted by Crippen LogP contribution is 2.40. The van der Waals surface area contributed by atoms with Gasteiger partial charge in [-0.1, -0.05) is 6.07 Å². The van der Waals surface area contributed by atoms with Crippen molar-refractivity contribution in [2.45, 2.75) is 32.5 Å². The molecule has 1 aromatic carbocycles. The Labute approximate surface area is 108 Å². The Morgan fingerprint density at radius 1 is 1.37 bits per heavy atom. The first-order valence-electron chi connectivity index (χ1n) is 5.72.